The molecule has 0 fully saturated rings. The Bertz CT molecular complexity index is 1790. The third kappa shape index (κ3) is 4.44. The third-order valence-electron chi connectivity index (χ3n) is 7.14. The highest BCUT2D eigenvalue weighted by Crippen LogP contribution is 2.46. The molecule has 7 nitrogen and oxygen atoms in total. The summed E-state index contributed by atoms with van der Waals surface area (Å²) in [6.07, 6.45) is 5.86. The van der Waals surface area contributed by atoms with Crippen molar-refractivity contribution < 1.29 is 23.8 Å². The molecule has 0 aliphatic carbocycles. The van der Waals surface area contributed by atoms with Crippen molar-refractivity contribution >= 4 is 27.6 Å². The Kier molecular flexibility index (Phi) is 6.22. The van der Waals surface area contributed by atoms with Gasteiger partial charge < -0.3 is 14.6 Å². The van der Waals surface area contributed by atoms with Gasteiger partial charge in [0.2, 0.25) is 0 Å². The van der Waals surface area contributed by atoms with Gasteiger partial charge in [-0.3, -0.25) is 4.98 Å². The number of ether oxygens (including phenoxy) is 2. The SMILES string of the molecule is Cc1cc2c(-c3cncnc3)cc(F)cc2c(-c2ccc3c4c(ccnc24)CCO3)c1[C@@H](OC(C)(C)C)C(=O)O. The molecule has 3 aromatic carbocycles. The number of carboxylic acid groups (broad SMARTS) is 1. The Hall–Kier alpha value is -4.43. The molecule has 0 radical (unpaired) electrons. The zero-order chi connectivity index (χ0) is 28.2. The summed E-state index contributed by atoms with van der Waals surface area (Å²) in [6, 6.07) is 10.5. The molecule has 1 atom stereocenters. The van der Waals surface area contributed by atoms with E-state index < -0.39 is 23.5 Å². The Balaban J connectivity index is 1.78. The largest absolute Gasteiger partial charge is 0.493 e. The lowest BCUT2D eigenvalue weighted by Gasteiger charge is -2.29. The quantitative estimate of drug-likeness (QED) is 0.262. The van der Waals surface area contributed by atoms with Crippen molar-refractivity contribution in [1.82, 2.24) is 15.0 Å². The summed E-state index contributed by atoms with van der Waals surface area (Å²) in [4.78, 5) is 25.8. The normalized spacial score (nSPS) is 13.8. The van der Waals surface area contributed by atoms with Gasteiger partial charge in [-0.05, 0) is 91.1 Å². The first-order chi connectivity index (χ1) is 19.1. The highest BCUT2D eigenvalue weighted by atomic mass is 19.1. The maximum atomic E-state index is 15.4. The maximum Gasteiger partial charge on any atom is 0.337 e. The van der Waals surface area contributed by atoms with Crippen LogP contribution >= 0.6 is 0 Å². The van der Waals surface area contributed by atoms with Gasteiger partial charge in [0.15, 0.2) is 6.10 Å². The average Bonchev–Trinajstić information content (AvgIpc) is 2.92. The molecule has 3 heterocycles. The molecule has 2 aromatic heterocycles. The van der Waals surface area contributed by atoms with E-state index in [9.17, 15) is 9.90 Å². The topological polar surface area (TPSA) is 94.4 Å². The van der Waals surface area contributed by atoms with Crippen molar-refractivity contribution in [1.29, 1.82) is 0 Å². The van der Waals surface area contributed by atoms with Gasteiger partial charge in [-0.25, -0.2) is 19.2 Å². The Labute approximate surface area is 230 Å². The molecule has 40 heavy (non-hydrogen) atoms. The van der Waals surface area contributed by atoms with E-state index in [0.29, 0.717) is 50.9 Å². The van der Waals surface area contributed by atoms with Crippen LogP contribution in [0.25, 0.3) is 43.9 Å². The standard InChI is InChI=1S/C32H28FN3O4/c1-17-11-23-22(19-14-34-16-35-15-19)12-20(33)13-24(23)28(26(17)30(31(37)38)40-32(2,3)4)21-5-6-25-27-18(8-10-39-25)7-9-36-29(21)27/h5-7,9,11-16,30H,8,10H2,1-4H3,(H,37,38)/t30-/m1/s1. The summed E-state index contributed by atoms with van der Waals surface area (Å²) < 4.78 is 27.5. The highest BCUT2D eigenvalue weighted by molar-refractivity contribution is 6.11. The van der Waals surface area contributed by atoms with E-state index in [2.05, 4.69) is 9.97 Å². The lowest BCUT2D eigenvalue weighted by molar-refractivity contribution is -0.160. The number of aliphatic carboxylic acids is 1. The van der Waals surface area contributed by atoms with Crippen molar-refractivity contribution in [3.05, 3.63) is 83.8 Å². The van der Waals surface area contributed by atoms with Gasteiger partial charge in [-0.1, -0.05) is 6.07 Å². The van der Waals surface area contributed by atoms with Crippen LogP contribution in [-0.2, 0) is 16.0 Å². The number of aryl methyl sites for hydroxylation is 1. The smallest absolute Gasteiger partial charge is 0.337 e. The number of carbonyl (C=O) groups is 1. The third-order valence-corrected chi connectivity index (χ3v) is 7.14. The molecule has 5 aromatic rings. The Morgan fingerprint density at radius 3 is 2.58 bits per heavy atom. The minimum Gasteiger partial charge on any atom is -0.493 e. The fourth-order valence-corrected chi connectivity index (χ4v) is 5.61. The van der Waals surface area contributed by atoms with E-state index in [0.717, 1.165) is 28.5 Å². The molecule has 1 aliphatic rings. The molecular weight excluding hydrogens is 509 g/mol. The second kappa shape index (κ2) is 9.64. The van der Waals surface area contributed by atoms with Gasteiger partial charge in [-0.2, -0.15) is 0 Å². The highest BCUT2D eigenvalue weighted by Gasteiger charge is 2.33. The molecule has 0 saturated heterocycles. The molecule has 1 N–H and O–H groups in total. The number of benzene rings is 3. The Morgan fingerprint density at radius 1 is 1.07 bits per heavy atom. The fourth-order valence-electron chi connectivity index (χ4n) is 5.61. The predicted octanol–water partition coefficient (Wildman–Crippen LogP) is 6.84. The van der Waals surface area contributed by atoms with Gasteiger partial charge in [0.25, 0.3) is 0 Å². The van der Waals surface area contributed by atoms with Gasteiger partial charge in [0.1, 0.15) is 17.9 Å². The summed E-state index contributed by atoms with van der Waals surface area (Å²) in [5, 5.41) is 12.6. The van der Waals surface area contributed by atoms with E-state index >= 15 is 4.39 Å². The lowest BCUT2D eigenvalue weighted by Crippen LogP contribution is -2.28. The molecule has 6 rings (SSSR count). The first-order valence-electron chi connectivity index (χ1n) is 13.1. The number of pyridine rings is 1. The molecule has 202 valence electrons. The molecule has 0 saturated carbocycles. The van der Waals surface area contributed by atoms with Crippen molar-refractivity contribution in [2.45, 2.75) is 45.8 Å². The van der Waals surface area contributed by atoms with Crippen LogP contribution in [-0.4, -0.2) is 38.2 Å². The average molecular weight is 538 g/mol. The number of hydrogen-bond donors (Lipinski definition) is 1. The summed E-state index contributed by atoms with van der Waals surface area (Å²) in [5.74, 6) is -0.878. The summed E-state index contributed by atoms with van der Waals surface area (Å²) >= 11 is 0. The van der Waals surface area contributed by atoms with Crippen molar-refractivity contribution in [3.8, 4) is 28.0 Å². The number of nitrogens with zero attached hydrogens (tertiary/aromatic N) is 3. The second-order valence-electron chi connectivity index (χ2n) is 11.0. The summed E-state index contributed by atoms with van der Waals surface area (Å²) in [6.45, 7) is 7.86. The predicted molar refractivity (Wildman–Crippen MR) is 151 cm³/mol. The van der Waals surface area contributed by atoms with Crippen LogP contribution in [0, 0.1) is 12.7 Å². The molecular formula is C32H28FN3O4. The van der Waals surface area contributed by atoms with E-state index in [1.807, 2.05) is 52.0 Å². The van der Waals surface area contributed by atoms with Crippen molar-refractivity contribution in [2.75, 3.05) is 6.61 Å². The first-order valence-corrected chi connectivity index (χ1v) is 13.1. The van der Waals surface area contributed by atoms with Crippen LogP contribution in [0.5, 0.6) is 5.75 Å². The number of aromatic nitrogens is 3. The number of hydrogen-bond acceptors (Lipinski definition) is 6. The number of rotatable bonds is 5. The molecule has 1 aliphatic heterocycles. The summed E-state index contributed by atoms with van der Waals surface area (Å²) in [7, 11) is 0. The van der Waals surface area contributed by atoms with Crippen molar-refractivity contribution in [2.24, 2.45) is 0 Å². The fraction of sp³-hybridized carbons (Fsp3) is 0.250. The molecule has 0 amide bonds. The van der Waals surface area contributed by atoms with Crippen LogP contribution in [0.2, 0.25) is 0 Å². The minimum absolute atomic E-state index is 0.454. The van der Waals surface area contributed by atoms with Gasteiger partial charge >= 0.3 is 5.97 Å². The van der Waals surface area contributed by atoms with E-state index in [-0.39, 0.29) is 0 Å². The number of halogens is 1. The summed E-state index contributed by atoms with van der Waals surface area (Å²) in [5.41, 5.74) is 4.64. The number of carboxylic acids is 1. The van der Waals surface area contributed by atoms with E-state index in [1.165, 1.54) is 18.5 Å². The molecule has 0 bridgehead atoms. The Morgan fingerprint density at radius 2 is 1.85 bits per heavy atom. The zero-order valence-corrected chi connectivity index (χ0v) is 22.7. The van der Waals surface area contributed by atoms with Gasteiger partial charge in [-0.15, -0.1) is 0 Å². The molecule has 0 unspecified atom stereocenters. The zero-order valence-electron chi connectivity index (χ0n) is 22.7. The van der Waals surface area contributed by atoms with E-state index in [1.54, 1.807) is 18.6 Å². The first kappa shape index (κ1) is 25.8. The van der Waals surface area contributed by atoms with Crippen LogP contribution in [0.3, 0.4) is 0 Å². The van der Waals surface area contributed by atoms with Crippen LogP contribution in [0.1, 0.15) is 43.6 Å². The van der Waals surface area contributed by atoms with Gasteiger partial charge in [0, 0.05) is 47.1 Å². The lowest BCUT2D eigenvalue weighted by atomic mass is 9.84. The molecule has 0 spiro atoms. The maximum absolute atomic E-state index is 15.4. The van der Waals surface area contributed by atoms with Crippen LogP contribution < -0.4 is 4.74 Å². The second-order valence-corrected chi connectivity index (χ2v) is 11.0. The number of fused-ring (bicyclic) bond motifs is 1. The minimum atomic E-state index is -1.31. The van der Waals surface area contributed by atoms with Gasteiger partial charge in [0.05, 0.1) is 17.7 Å². The monoisotopic (exact) mass is 537 g/mol. The van der Waals surface area contributed by atoms with Crippen LogP contribution in [0.15, 0.2) is 61.3 Å². The molecule has 8 heteroatoms. The van der Waals surface area contributed by atoms with E-state index in [4.69, 9.17) is 14.5 Å². The van der Waals surface area contributed by atoms with Crippen molar-refractivity contribution in [3.63, 3.8) is 0 Å². The van der Waals surface area contributed by atoms with Crippen LogP contribution in [0.4, 0.5) is 4.39 Å².